The molecule has 2 aromatic rings. The van der Waals surface area contributed by atoms with Crippen LogP contribution in [0.5, 0.6) is 0 Å². The van der Waals surface area contributed by atoms with Crippen LogP contribution in [0.2, 0.25) is 0 Å². The van der Waals surface area contributed by atoms with Crippen molar-refractivity contribution in [1.29, 1.82) is 0 Å². The van der Waals surface area contributed by atoms with Crippen molar-refractivity contribution >= 4 is 21.8 Å². The van der Waals surface area contributed by atoms with Gasteiger partial charge in [-0.05, 0) is 56.2 Å². The Bertz CT molecular complexity index is 738. The molecule has 0 aliphatic rings. The summed E-state index contributed by atoms with van der Waals surface area (Å²) in [7, 11) is -3.41. The summed E-state index contributed by atoms with van der Waals surface area (Å²) in [5.41, 5.74) is 3.57. The highest BCUT2D eigenvalue weighted by Gasteiger charge is 2.12. The van der Waals surface area contributed by atoms with Crippen LogP contribution in [0.15, 0.2) is 52.3 Å². The molecule has 0 saturated heterocycles. The third-order valence-corrected chi connectivity index (χ3v) is 5.94. The van der Waals surface area contributed by atoms with E-state index in [-0.39, 0.29) is 0 Å². The average Bonchev–Trinajstić information content (AvgIpc) is 2.48. The Kier molecular flexibility index (Phi) is 5.67. The van der Waals surface area contributed by atoms with Crippen molar-refractivity contribution in [1.82, 2.24) is 4.72 Å². The van der Waals surface area contributed by atoms with E-state index in [0.717, 1.165) is 10.5 Å². The van der Waals surface area contributed by atoms with Gasteiger partial charge in [-0.15, -0.1) is 11.8 Å². The quantitative estimate of drug-likeness (QED) is 0.647. The number of benzene rings is 2. The van der Waals surface area contributed by atoms with Gasteiger partial charge in [0.25, 0.3) is 0 Å². The molecule has 0 bridgehead atoms. The fraction of sp³-hybridized carbons (Fsp3) is 0.294. The van der Waals surface area contributed by atoms with Gasteiger partial charge in [0.1, 0.15) is 0 Å². The summed E-state index contributed by atoms with van der Waals surface area (Å²) >= 11 is 1.65. The predicted octanol–water partition coefficient (Wildman–Crippen LogP) is 3.68. The fourth-order valence-electron chi connectivity index (χ4n) is 1.95. The topological polar surface area (TPSA) is 46.2 Å². The van der Waals surface area contributed by atoms with Crippen molar-refractivity contribution in [3.8, 4) is 0 Å². The summed E-state index contributed by atoms with van der Waals surface area (Å²) in [6.07, 6.45) is 0. The molecule has 5 heteroatoms. The molecule has 1 N–H and O–H groups in total. The molecule has 0 aliphatic carbocycles. The Labute approximate surface area is 137 Å². The molecule has 0 unspecified atom stereocenters. The van der Waals surface area contributed by atoms with Crippen LogP contribution in [0.1, 0.15) is 16.7 Å². The van der Waals surface area contributed by atoms with Gasteiger partial charge in [0.15, 0.2) is 0 Å². The van der Waals surface area contributed by atoms with Crippen LogP contribution in [-0.2, 0) is 10.0 Å². The van der Waals surface area contributed by atoms with Gasteiger partial charge in [0, 0.05) is 17.2 Å². The van der Waals surface area contributed by atoms with E-state index in [1.165, 1.54) is 11.1 Å². The zero-order valence-electron chi connectivity index (χ0n) is 13.1. The first-order valence-electron chi connectivity index (χ1n) is 7.15. The van der Waals surface area contributed by atoms with Crippen molar-refractivity contribution in [2.24, 2.45) is 0 Å². The lowest BCUT2D eigenvalue weighted by Gasteiger charge is -2.08. The second-order valence-electron chi connectivity index (χ2n) is 5.31. The van der Waals surface area contributed by atoms with Gasteiger partial charge in [-0.1, -0.05) is 23.8 Å². The molecule has 0 aromatic heterocycles. The lowest BCUT2D eigenvalue weighted by molar-refractivity contribution is 0.584. The van der Waals surface area contributed by atoms with Crippen LogP contribution in [0.3, 0.4) is 0 Å². The minimum absolute atomic E-state index is 0.314. The molecule has 0 spiro atoms. The van der Waals surface area contributed by atoms with E-state index < -0.39 is 10.0 Å². The van der Waals surface area contributed by atoms with Crippen molar-refractivity contribution < 1.29 is 8.42 Å². The van der Waals surface area contributed by atoms with Gasteiger partial charge in [0.2, 0.25) is 10.0 Å². The first-order valence-corrected chi connectivity index (χ1v) is 9.62. The zero-order chi connectivity index (χ0) is 16.2. The summed E-state index contributed by atoms with van der Waals surface area (Å²) in [5, 5.41) is 0. The predicted molar refractivity (Wildman–Crippen MR) is 93.0 cm³/mol. The molecule has 0 amide bonds. The molecule has 0 aliphatic heterocycles. The number of thioether (sulfide) groups is 1. The maximum Gasteiger partial charge on any atom is 0.240 e. The molecule has 0 fully saturated rings. The highest BCUT2D eigenvalue weighted by Crippen LogP contribution is 2.20. The maximum atomic E-state index is 12.1. The van der Waals surface area contributed by atoms with Crippen LogP contribution in [0.25, 0.3) is 0 Å². The molecule has 0 radical (unpaired) electrons. The second kappa shape index (κ2) is 7.31. The van der Waals surface area contributed by atoms with Gasteiger partial charge in [-0.3, -0.25) is 0 Å². The van der Waals surface area contributed by atoms with Crippen molar-refractivity contribution in [2.75, 3.05) is 12.3 Å². The SMILES string of the molecule is Cc1ccc(S(=O)(=O)NCCSc2ccc(C)c(C)c2)cc1. The molecule has 118 valence electrons. The Hall–Kier alpha value is -1.30. The number of rotatable bonds is 6. The number of aryl methyl sites for hydroxylation is 3. The Morgan fingerprint density at radius 1 is 0.955 bits per heavy atom. The Morgan fingerprint density at radius 2 is 1.64 bits per heavy atom. The monoisotopic (exact) mass is 335 g/mol. The molecule has 3 nitrogen and oxygen atoms in total. The van der Waals surface area contributed by atoms with Gasteiger partial charge < -0.3 is 0 Å². The Balaban J connectivity index is 1.87. The van der Waals surface area contributed by atoms with Gasteiger partial charge in [-0.25, -0.2) is 13.1 Å². The number of nitrogens with one attached hydrogen (secondary N) is 1. The molecule has 22 heavy (non-hydrogen) atoms. The number of hydrogen-bond donors (Lipinski definition) is 1. The second-order valence-corrected chi connectivity index (χ2v) is 8.24. The third-order valence-electron chi connectivity index (χ3n) is 3.47. The lowest BCUT2D eigenvalue weighted by Crippen LogP contribution is -2.26. The number of hydrogen-bond acceptors (Lipinski definition) is 3. The standard InChI is InChI=1S/C17H21NO2S2/c1-13-4-8-17(9-5-13)22(19,20)18-10-11-21-16-7-6-14(2)15(3)12-16/h4-9,12,18H,10-11H2,1-3H3. The fourth-order valence-corrected chi connectivity index (χ4v) is 3.97. The van der Waals surface area contributed by atoms with E-state index in [1.54, 1.807) is 36.0 Å². The first-order chi connectivity index (χ1) is 10.4. The van der Waals surface area contributed by atoms with Crippen molar-refractivity contribution in [3.05, 3.63) is 59.2 Å². The van der Waals surface area contributed by atoms with E-state index in [2.05, 4.69) is 36.8 Å². The van der Waals surface area contributed by atoms with Gasteiger partial charge in [0.05, 0.1) is 4.90 Å². The van der Waals surface area contributed by atoms with E-state index in [0.29, 0.717) is 17.2 Å². The van der Waals surface area contributed by atoms with E-state index in [9.17, 15) is 8.42 Å². The summed E-state index contributed by atoms with van der Waals surface area (Å²) in [4.78, 5) is 1.48. The average molecular weight is 335 g/mol. The highest BCUT2D eigenvalue weighted by molar-refractivity contribution is 7.99. The summed E-state index contributed by atoms with van der Waals surface area (Å²) in [6.45, 7) is 6.51. The Morgan fingerprint density at radius 3 is 2.27 bits per heavy atom. The normalized spacial score (nSPS) is 11.6. The minimum Gasteiger partial charge on any atom is -0.210 e. The van der Waals surface area contributed by atoms with Crippen molar-refractivity contribution in [2.45, 2.75) is 30.6 Å². The molecule has 2 rings (SSSR count). The number of sulfonamides is 1. The summed E-state index contributed by atoms with van der Waals surface area (Å²) in [5.74, 6) is 0.702. The molecule has 2 aromatic carbocycles. The lowest BCUT2D eigenvalue weighted by atomic mass is 10.1. The highest BCUT2D eigenvalue weighted by atomic mass is 32.2. The van der Waals surface area contributed by atoms with Gasteiger partial charge >= 0.3 is 0 Å². The van der Waals surface area contributed by atoms with E-state index in [1.807, 2.05) is 6.92 Å². The summed E-state index contributed by atoms with van der Waals surface area (Å²) < 4.78 is 26.9. The van der Waals surface area contributed by atoms with E-state index in [4.69, 9.17) is 0 Å². The van der Waals surface area contributed by atoms with Crippen LogP contribution in [-0.4, -0.2) is 20.7 Å². The molecule has 0 saturated carbocycles. The molecule has 0 heterocycles. The first kappa shape index (κ1) is 17.1. The van der Waals surface area contributed by atoms with E-state index >= 15 is 0 Å². The molecular formula is C17H21NO2S2. The molecular weight excluding hydrogens is 314 g/mol. The minimum atomic E-state index is -3.41. The third kappa shape index (κ3) is 4.60. The van der Waals surface area contributed by atoms with Crippen LogP contribution in [0.4, 0.5) is 0 Å². The van der Waals surface area contributed by atoms with Crippen LogP contribution in [0, 0.1) is 20.8 Å². The largest absolute Gasteiger partial charge is 0.240 e. The van der Waals surface area contributed by atoms with Crippen molar-refractivity contribution in [3.63, 3.8) is 0 Å². The van der Waals surface area contributed by atoms with Crippen LogP contribution >= 0.6 is 11.8 Å². The van der Waals surface area contributed by atoms with Crippen LogP contribution < -0.4 is 4.72 Å². The van der Waals surface area contributed by atoms with Gasteiger partial charge in [-0.2, -0.15) is 0 Å². The maximum absolute atomic E-state index is 12.1. The zero-order valence-corrected chi connectivity index (χ0v) is 14.7. The molecule has 0 atom stereocenters. The smallest absolute Gasteiger partial charge is 0.210 e. The summed E-state index contributed by atoms with van der Waals surface area (Å²) in [6, 6.07) is 13.2.